The second-order valence-corrected chi connectivity index (χ2v) is 2.79. The van der Waals surface area contributed by atoms with Gasteiger partial charge in [-0.2, -0.15) is 0 Å². The molecule has 0 aliphatic rings. The standard InChI is InChI=1S/C10H15NO2/c1-2-13-9-5-3-8(4-6-9)10(11)7-12/h3-6,10,12H,2,7,11H2,1H3/t10-/m0/s1. The first-order valence-electron chi connectivity index (χ1n) is 4.37. The van der Waals surface area contributed by atoms with Crippen molar-refractivity contribution >= 4 is 0 Å². The van der Waals surface area contributed by atoms with Crippen molar-refractivity contribution in [2.45, 2.75) is 13.0 Å². The highest BCUT2D eigenvalue weighted by atomic mass is 16.5. The second-order valence-electron chi connectivity index (χ2n) is 2.79. The van der Waals surface area contributed by atoms with E-state index >= 15 is 0 Å². The van der Waals surface area contributed by atoms with Crippen molar-refractivity contribution < 1.29 is 9.84 Å². The quantitative estimate of drug-likeness (QED) is 0.730. The number of hydrogen-bond donors (Lipinski definition) is 2. The lowest BCUT2D eigenvalue weighted by Gasteiger charge is -2.09. The van der Waals surface area contributed by atoms with Crippen LogP contribution in [0.3, 0.4) is 0 Å². The highest BCUT2D eigenvalue weighted by molar-refractivity contribution is 5.28. The van der Waals surface area contributed by atoms with Crippen molar-refractivity contribution in [3.63, 3.8) is 0 Å². The van der Waals surface area contributed by atoms with Crippen LogP contribution in [0.25, 0.3) is 0 Å². The number of aliphatic hydroxyl groups excluding tert-OH is 1. The molecular formula is C10H15NO2. The number of aliphatic hydroxyl groups is 1. The highest BCUT2D eigenvalue weighted by Gasteiger charge is 2.03. The van der Waals surface area contributed by atoms with Crippen LogP contribution in [0.4, 0.5) is 0 Å². The van der Waals surface area contributed by atoms with Gasteiger partial charge in [0.25, 0.3) is 0 Å². The molecule has 0 spiro atoms. The zero-order chi connectivity index (χ0) is 9.68. The van der Waals surface area contributed by atoms with E-state index in [1.54, 1.807) is 0 Å². The Morgan fingerprint density at radius 3 is 2.46 bits per heavy atom. The van der Waals surface area contributed by atoms with Gasteiger partial charge < -0.3 is 15.6 Å². The third-order valence-corrected chi connectivity index (χ3v) is 1.82. The molecule has 0 amide bonds. The molecule has 1 aromatic carbocycles. The zero-order valence-electron chi connectivity index (χ0n) is 7.73. The summed E-state index contributed by atoms with van der Waals surface area (Å²) in [6, 6.07) is 7.15. The Hall–Kier alpha value is -1.06. The summed E-state index contributed by atoms with van der Waals surface area (Å²) < 4.78 is 5.27. The molecule has 3 nitrogen and oxygen atoms in total. The molecule has 3 heteroatoms. The fourth-order valence-corrected chi connectivity index (χ4v) is 1.08. The van der Waals surface area contributed by atoms with E-state index in [1.165, 1.54) is 0 Å². The van der Waals surface area contributed by atoms with Crippen LogP contribution < -0.4 is 10.5 Å². The minimum Gasteiger partial charge on any atom is -0.494 e. The molecule has 0 saturated heterocycles. The predicted octanol–water partition coefficient (Wildman–Crippen LogP) is 1.08. The predicted molar refractivity (Wildman–Crippen MR) is 51.6 cm³/mol. The molecule has 1 atom stereocenters. The maximum Gasteiger partial charge on any atom is 0.119 e. The van der Waals surface area contributed by atoms with E-state index < -0.39 is 0 Å². The first-order valence-corrected chi connectivity index (χ1v) is 4.37. The van der Waals surface area contributed by atoms with Crippen LogP contribution in [0.2, 0.25) is 0 Å². The molecule has 1 rings (SSSR count). The summed E-state index contributed by atoms with van der Waals surface area (Å²) >= 11 is 0. The van der Waals surface area contributed by atoms with E-state index in [9.17, 15) is 0 Å². The van der Waals surface area contributed by atoms with Crippen molar-refractivity contribution in [3.05, 3.63) is 29.8 Å². The molecule has 0 fully saturated rings. The molecule has 0 saturated carbocycles. The summed E-state index contributed by atoms with van der Waals surface area (Å²) in [5.74, 6) is 0.830. The van der Waals surface area contributed by atoms with Gasteiger partial charge in [-0.05, 0) is 24.6 Å². The summed E-state index contributed by atoms with van der Waals surface area (Å²) in [7, 11) is 0. The summed E-state index contributed by atoms with van der Waals surface area (Å²) in [5.41, 5.74) is 6.55. The number of ether oxygens (including phenoxy) is 1. The van der Waals surface area contributed by atoms with Crippen LogP contribution in [0.1, 0.15) is 18.5 Å². The Bertz CT molecular complexity index is 246. The fraction of sp³-hybridized carbons (Fsp3) is 0.400. The summed E-state index contributed by atoms with van der Waals surface area (Å²) in [6.07, 6.45) is 0. The van der Waals surface area contributed by atoms with Crippen molar-refractivity contribution in [2.24, 2.45) is 5.73 Å². The third kappa shape index (κ3) is 2.72. The molecule has 3 N–H and O–H groups in total. The molecule has 0 aliphatic heterocycles. The first kappa shape index (κ1) is 10.0. The van der Waals surface area contributed by atoms with Gasteiger partial charge in [0.05, 0.1) is 19.3 Å². The van der Waals surface area contributed by atoms with Crippen LogP contribution in [0, 0.1) is 0 Å². The van der Waals surface area contributed by atoms with Gasteiger partial charge in [-0.3, -0.25) is 0 Å². The summed E-state index contributed by atoms with van der Waals surface area (Å²) in [5, 5.41) is 8.80. The Balaban J connectivity index is 2.69. The van der Waals surface area contributed by atoms with Gasteiger partial charge in [-0.15, -0.1) is 0 Å². The minimum atomic E-state index is -0.296. The van der Waals surface area contributed by atoms with Crippen molar-refractivity contribution in [1.82, 2.24) is 0 Å². The van der Waals surface area contributed by atoms with Gasteiger partial charge in [-0.25, -0.2) is 0 Å². The van der Waals surface area contributed by atoms with Crippen molar-refractivity contribution in [3.8, 4) is 5.75 Å². The van der Waals surface area contributed by atoms with Gasteiger partial charge >= 0.3 is 0 Å². The van der Waals surface area contributed by atoms with E-state index in [-0.39, 0.29) is 12.6 Å². The average Bonchev–Trinajstić information content (AvgIpc) is 2.18. The van der Waals surface area contributed by atoms with Crippen LogP contribution in [0.5, 0.6) is 5.75 Å². The molecule has 13 heavy (non-hydrogen) atoms. The van der Waals surface area contributed by atoms with Gasteiger partial charge in [0.15, 0.2) is 0 Å². The lowest BCUT2D eigenvalue weighted by atomic mass is 10.1. The van der Waals surface area contributed by atoms with Gasteiger partial charge in [0.1, 0.15) is 5.75 Å². The van der Waals surface area contributed by atoms with Crippen LogP contribution >= 0.6 is 0 Å². The number of nitrogens with two attached hydrogens (primary N) is 1. The Morgan fingerprint density at radius 1 is 1.38 bits per heavy atom. The lowest BCUT2D eigenvalue weighted by molar-refractivity contribution is 0.268. The first-order chi connectivity index (χ1) is 6.27. The van der Waals surface area contributed by atoms with E-state index in [2.05, 4.69) is 0 Å². The maximum absolute atomic E-state index is 8.80. The van der Waals surface area contributed by atoms with Crippen LogP contribution in [0.15, 0.2) is 24.3 Å². The van der Waals surface area contributed by atoms with E-state index in [0.717, 1.165) is 11.3 Å². The monoisotopic (exact) mass is 181 g/mol. The van der Waals surface area contributed by atoms with E-state index in [0.29, 0.717) is 6.61 Å². The number of hydrogen-bond acceptors (Lipinski definition) is 3. The molecule has 1 aromatic rings. The van der Waals surface area contributed by atoms with Crippen LogP contribution in [-0.4, -0.2) is 18.3 Å². The Morgan fingerprint density at radius 2 is 2.00 bits per heavy atom. The Kier molecular flexibility index (Phi) is 3.73. The van der Waals surface area contributed by atoms with Crippen molar-refractivity contribution in [1.29, 1.82) is 0 Å². The SMILES string of the molecule is CCOc1ccc([C@@H](N)CO)cc1. The topological polar surface area (TPSA) is 55.5 Å². The molecule has 0 aromatic heterocycles. The fourth-order valence-electron chi connectivity index (χ4n) is 1.08. The summed E-state index contributed by atoms with van der Waals surface area (Å²) in [6.45, 7) is 2.56. The number of rotatable bonds is 4. The normalized spacial score (nSPS) is 12.5. The van der Waals surface area contributed by atoms with Crippen LogP contribution in [-0.2, 0) is 0 Å². The molecule has 72 valence electrons. The molecule has 0 unspecified atom stereocenters. The van der Waals surface area contributed by atoms with Gasteiger partial charge in [0, 0.05) is 0 Å². The largest absolute Gasteiger partial charge is 0.494 e. The summed E-state index contributed by atoms with van der Waals surface area (Å²) in [4.78, 5) is 0. The maximum atomic E-state index is 8.80. The minimum absolute atomic E-state index is 0.0337. The van der Waals surface area contributed by atoms with Gasteiger partial charge in [-0.1, -0.05) is 12.1 Å². The zero-order valence-corrected chi connectivity index (χ0v) is 7.73. The number of benzene rings is 1. The van der Waals surface area contributed by atoms with Gasteiger partial charge in [0.2, 0.25) is 0 Å². The molecule has 0 heterocycles. The molecule has 0 bridgehead atoms. The van der Waals surface area contributed by atoms with Crippen molar-refractivity contribution in [2.75, 3.05) is 13.2 Å². The highest BCUT2D eigenvalue weighted by Crippen LogP contribution is 2.15. The third-order valence-electron chi connectivity index (χ3n) is 1.82. The lowest BCUT2D eigenvalue weighted by Crippen LogP contribution is -2.14. The molecular weight excluding hydrogens is 166 g/mol. The Labute approximate surface area is 78.1 Å². The average molecular weight is 181 g/mol. The molecule has 0 radical (unpaired) electrons. The second kappa shape index (κ2) is 4.84. The smallest absolute Gasteiger partial charge is 0.119 e. The van der Waals surface area contributed by atoms with E-state index in [1.807, 2.05) is 31.2 Å². The molecule has 0 aliphatic carbocycles. The van der Waals surface area contributed by atoms with E-state index in [4.69, 9.17) is 15.6 Å².